The van der Waals surface area contributed by atoms with Crippen LogP contribution in [0.5, 0.6) is 0 Å². The fraction of sp³-hybridized carbons (Fsp3) is 0.562. The highest BCUT2D eigenvalue weighted by atomic mass is 16.3. The van der Waals surface area contributed by atoms with Crippen molar-refractivity contribution in [3.05, 3.63) is 35.9 Å². The molecule has 0 aromatic heterocycles. The van der Waals surface area contributed by atoms with Crippen LogP contribution in [0.1, 0.15) is 25.3 Å². The second-order valence-corrected chi connectivity index (χ2v) is 5.60. The number of amides is 1. The maximum atomic E-state index is 12.6. The largest absolute Gasteiger partial charge is 0.395 e. The van der Waals surface area contributed by atoms with E-state index in [4.69, 9.17) is 0 Å². The first-order valence-corrected chi connectivity index (χ1v) is 7.32. The van der Waals surface area contributed by atoms with Crippen molar-refractivity contribution in [2.24, 2.45) is 0 Å². The molecule has 2 rings (SSSR count). The molecule has 20 heavy (non-hydrogen) atoms. The van der Waals surface area contributed by atoms with Crippen LogP contribution in [0, 0.1) is 0 Å². The second kappa shape index (κ2) is 6.86. The number of carbonyl (C=O) groups excluding carboxylic acids is 1. The molecular weight excluding hydrogens is 252 g/mol. The van der Waals surface area contributed by atoms with Crippen molar-refractivity contribution in [2.75, 3.05) is 32.8 Å². The molecule has 1 aliphatic heterocycles. The van der Waals surface area contributed by atoms with Crippen molar-refractivity contribution in [2.45, 2.75) is 25.8 Å². The summed E-state index contributed by atoms with van der Waals surface area (Å²) in [5, 5.41) is 9.56. The maximum absolute atomic E-state index is 12.6. The van der Waals surface area contributed by atoms with E-state index < -0.39 is 5.92 Å². The van der Waals surface area contributed by atoms with Gasteiger partial charge in [-0.2, -0.15) is 0 Å². The topological polar surface area (TPSA) is 43.8 Å². The van der Waals surface area contributed by atoms with Crippen LogP contribution in [-0.2, 0) is 4.79 Å². The average Bonchev–Trinajstić information content (AvgIpc) is 2.49. The van der Waals surface area contributed by atoms with Gasteiger partial charge in [-0.3, -0.25) is 9.69 Å². The summed E-state index contributed by atoms with van der Waals surface area (Å²) in [4.78, 5) is 16.8. The zero-order chi connectivity index (χ0) is 14.5. The predicted octanol–water partition coefficient (Wildman–Crippen LogP) is 1.32. The number of carbonyl (C=O) groups is 1. The SMILES string of the molecule is CC(C)N1CCN(C(=O)C(CO)c2ccccc2)CC1. The molecule has 1 amide bonds. The van der Waals surface area contributed by atoms with E-state index in [9.17, 15) is 9.90 Å². The molecule has 4 nitrogen and oxygen atoms in total. The molecule has 0 saturated carbocycles. The molecule has 0 radical (unpaired) electrons. The number of hydrogen-bond donors (Lipinski definition) is 1. The molecule has 1 aromatic rings. The Labute approximate surface area is 121 Å². The molecule has 0 spiro atoms. The molecule has 1 heterocycles. The van der Waals surface area contributed by atoms with Gasteiger partial charge in [-0.25, -0.2) is 0 Å². The van der Waals surface area contributed by atoms with E-state index in [0.29, 0.717) is 6.04 Å². The zero-order valence-corrected chi connectivity index (χ0v) is 12.3. The number of nitrogens with zero attached hydrogens (tertiary/aromatic N) is 2. The summed E-state index contributed by atoms with van der Waals surface area (Å²) in [5.74, 6) is -0.385. The molecular formula is C16H24N2O2. The molecule has 1 unspecified atom stereocenters. The quantitative estimate of drug-likeness (QED) is 0.902. The summed E-state index contributed by atoms with van der Waals surface area (Å²) in [7, 11) is 0. The van der Waals surface area contributed by atoms with Crippen LogP contribution in [0.4, 0.5) is 0 Å². The smallest absolute Gasteiger partial charge is 0.232 e. The van der Waals surface area contributed by atoms with E-state index in [1.165, 1.54) is 0 Å². The molecule has 1 fully saturated rings. The first kappa shape index (κ1) is 15.0. The molecule has 1 N–H and O–H groups in total. The molecule has 1 saturated heterocycles. The maximum Gasteiger partial charge on any atom is 0.232 e. The van der Waals surface area contributed by atoms with Gasteiger partial charge in [-0.15, -0.1) is 0 Å². The average molecular weight is 276 g/mol. The Hall–Kier alpha value is -1.39. The van der Waals surface area contributed by atoms with Crippen LogP contribution in [0.15, 0.2) is 30.3 Å². The monoisotopic (exact) mass is 276 g/mol. The second-order valence-electron chi connectivity index (χ2n) is 5.60. The number of benzene rings is 1. The first-order chi connectivity index (χ1) is 9.63. The highest BCUT2D eigenvalue weighted by Gasteiger charge is 2.28. The van der Waals surface area contributed by atoms with Crippen LogP contribution in [-0.4, -0.2) is 59.6 Å². The van der Waals surface area contributed by atoms with Crippen LogP contribution >= 0.6 is 0 Å². The lowest BCUT2D eigenvalue weighted by atomic mass is 9.98. The highest BCUT2D eigenvalue weighted by Crippen LogP contribution is 2.19. The third-order valence-electron chi connectivity index (χ3n) is 4.04. The standard InChI is InChI=1S/C16H24N2O2/c1-13(2)17-8-10-18(11-9-17)16(20)15(12-19)14-6-4-3-5-7-14/h3-7,13,15,19H,8-12H2,1-2H3. The Bertz CT molecular complexity index is 425. The van der Waals surface area contributed by atoms with Crippen molar-refractivity contribution in [3.8, 4) is 0 Å². The Morgan fingerprint density at radius 2 is 1.75 bits per heavy atom. The summed E-state index contributed by atoms with van der Waals surface area (Å²) < 4.78 is 0. The van der Waals surface area contributed by atoms with Gasteiger partial charge in [0.1, 0.15) is 0 Å². The summed E-state index contributed by atoms with van der Waals surface area (Å²) in [6.07, 6.45) is 0. The molecule has 110 valence electrons. The van der Waals surface area contributed by atoms with Crippen LogP contribution in [0.25, 0.3) is 0 Å². The minimum atomic E-state index is -0.429. The van der Waals surface area contributed by atoms with Gasteiger partial charge in [0, 0.05) is 32.2 Å². The van der Waals surface area contributed by atoms with Gasteiger partial charge in [0.05, 0.1) is 12.5 Å². The van der Waals surface area contributed by atoms with Gasteiger partial charge >= 0.3 is 0 Å². The van der Waals surface area contributed by atoms with Gasteiger partial charge in [-0.1, -0.05) is 30.3 Å². The number of aliphatic hydroxyl groups is 1. The van der Waals surface area contributed by atoms with Crippen molar-refractivity contribution in [1.29, 1.82) is 0 Å². The molecule has 0 bridgehead atoms. The zero-order valence-electron chi connectivity index (χ0n) is 12.3. The fourth-order valence-electron chi connectivity index (χ4n) is 2.69. The van der Waals surface area contributed by atoms with E-state index in [1.54, 1.807) is 0 Å². The van der Waals surface area contributed by atoms with E-state index in [0.717, 1.165) is 31.7 Å². The minimum Gasteiger partial charge on any atom is -0.395 e. The van der Waals surface area contributed by atoms with Gasteiger partial charge in [-0.05, 0) is 19.4 Å². The highest BCUT2D eigenvalue weighted by molar-refractivity contribution is 5.84. The molecule has 0 aliphatic carbocycles. The van der Waals surface area contributed by atoms with Crippen LogP contribution in [0.3, 0.4) is 0 Å². The lowest BCUT2D eigenvalue weighted by Crippen LogP contribution is -2.52. The van der Waals surface area contributed by atoms with Gasteiger partial charge in [0.2, 0.25) is 5.91 Å². The van der Waals surface area contributed by atoms with Crippen molar-refractivity contribution < 1.29 is 9.90 Å². The fourth-order valence-corrected chi connectivity index (χ4v) is 2.69. The van der Waals surface area contributed by atoms with E-state index in [2.05, 4.69) is 18.7 Å². The van der Waals surface area contributed by atoms with Gasteiger partial charge in [0.25, 0.3) is 0 Å². The van der Waals surface area contributed by atoms with Crippen molar-refractivity contribution in [3.63, 3.8) is 0 Å². The minimum absolute atomic E-state index is 0.0436. The van der Waals surface area contributed by atoms with E-state index in [1.807, 2.05) is 35.2 Å². The normalized spacial score (nSPS) is 18.3. The Balaban J connectivity index is 2.00. The van der Waals surface area contributed by atoms with Gasteiger partial charge in [0.15, 0.2) is 0 Å². The Morgan fingerprint density at radius 1 is 1.15 bits per heavy atom. The third kappa shape index (κ3) is 3.38. The number of rotatable bonds is 4. The molecule has 1 aliphatic rings. The number of aliphatic hydroxyl groups excluding tert-OH is 1. The van der Waals surface area contributed by atoms with Crippen LogP contribution < -0.4 is 0 Å². The lowest BCUT2D eigenvalue weighted by molar-refractivity contribution is -0.135. The number of hydrogen-bond acceptors (Lipinski definition) is 3. The summed E-state index contributed by atoms with van der Waals surface area (Å²) >= 11 is 0. The Kier molecular flexibility index (Phi) is 5.15. The lowest BCUT2D eigenvalue weighted by Gasteiger charge is -2.38. The van der Waals surface area contributed by atoms with E-state index >= 15 is 0 Å². The molecule has 1 atom stereocenters. The van der Waals surface area contributed by atoms with Gasteiger partial charge < -0.3 is 10.0 Å². The molecule has 1 aromatic carbocycles. The third-order valence-corrected chi connectivity index (χ3v) is 4.04. The number of piperazine rings is 1. The predicted molar refractivity (Wildman–Crippen MR) is 79.6 cm³/mol. The summed E-state index contributed by atoms with van der Waals surface area (Å²) in [5.41, 5.74) is 0.895. The first-order valence-electron chi connectivity index (χ1n) is 7.32. The summed E-state index contributed by atoms with van der Waals surface area (Å²) in [6.45, 7) is 7.55. The van der Waals surface area contributed by atoms with Crippen molar-refractivity contribution >= 4 is 5.91 Å². The van der Waals surface area contributed by atoms with Crippen LogP contribution in [0.2, 0.25) is 0 Å². The van der Waals surface area contributed by atoms with Crippen molar-refractivity contribution in [1.82, 2.24) is 9.80 Å². The summed E-state index contributed by atoms with van der Waals surface area (Å²) in [6, 6.07) is 10.1. The Morgan fingerprint density at radius 3 is 2.25 bits per heavy atom. The van der Waals surface area contributed by atoms with E-state index in [-0.39, 0.29) is 12.5 Å². The molecule has 4 heteroatoms.